The lowest BCUT2D eigenvalue weighted by molar-refractivity contribution is -0.0614. The summed E-state index contributed by atoms with van der Waals surface area (Å²) in [5.41, 5.74) is 0.177. The molecule has 36 heavy (non-hydrogen) atoms. The maximum Gasteiger partial charge on any atom is 0.274 e. The van der Waals surface area contributed by atoms with E-state index in [1.165, 1.54) is 16.8 Å². The molecular weight excluding hydrogens is 469 g/mol. The van der Waals surface area contributed by atoms with Gasteiger partial charge in [-0.25, -0.2) is 9.37 Å². The van der Waals surface area contributed by atoms with Gasteiger partial charge >= 0.3 is 0 Å². The summed E-state index contributed by atoms with van der Waals surface area (Å²) in [5.74, 6) is -0.0210. The number of fused-ring (bicyclic) bond motifs is 2. The number of imidazole rings is 1. The van der Waals surface area contributed by atoms with Crippen LogP contribution in [0.2, 0.25) is 0 Å². The summed E-state index contributed by atoms with van der Waals surface area (Å²) in [5, 5.41) is 2.66. The molecule has 2 saturated heterocycles. The number of alkyl halides is 1. The lowest BCUT2D eigenvalue weighted by atomic mass is 9.61. The summed E-state index contributed by atoms with van der Waals surface area (Å²) in [4.78, 5) is 35.4. The molecule has 2 aliphatic heterocycles. The number of nitrogens with one attached hydrogen (secondary N) is 1. The topological polar surface area (TPSA) is 109 Å². The number of carbonyl (C=O) groups excluding carboxylic acids is 1. The van der Waals surface area contributed by atoms with Gasteiger partial charge in [0.15, 0.2) is 0 Å². The van der Waals surface area contributed by atoms with Crippen LogP contribution in [0.15, 0.2) is 35.5 Å². The molecule has 5 heterocycles. The minimum atomic E-state index is -1.04. The van der Waals surface area contributed by atoms with Gasteiger partial charge in [-0.15, -0.1) is 0 Å². The van der Waals surface area contributed by atoms with E-state index in [4.69, 9.17) is 19.2 Å². The van der Waals surface area contributed by atoms with Gasteiger partial charge in [-0.1, -0.05) is 0 Å². The molecule has 0 radical (unpaired) electrons. The van der Waals surface area contributed by atoms with Crippen molar-refractivity contribution in [2.45, 2.75) is 62.4 Å². The first-order valence-corrected chi connectivity index (χ1v) is 12.1. The van der Waals surface area contributed by atoms with Crippen LogP contribution in [-0.2, 0) is 14.9 Å². The van der Waals surface area contributed by atoms with E-state index in [1.807, 2.05) is 20.0 Å². The fourth-order valence-corrected chi connectivity index (χ4v) is 5.47. The predicted octanol–water partition coefficient (Wildman–Crippen LogP) is 2.66. The molecule has 3 aromatic rings. The molecule has 11 heteroatoms. The van der Waals surface area contributed by atoms with Crippen LogP contribution in [0.5, 0.6) is 5.88 Å². The third-order valence-corrected chi connectivity index (χ3v) is 7.19. The molecule has 0 aromatic carbocycles. The van der Waals surface area contributed by atoms with Crippen molar-refractivity contribution in [3.05, 3.63) is 52.3 Å². The minimum Gasteiger partial charge on any atom is -0.474 e. The zero-order chi connectivity index (χ0) is 25.2. The molecule has 2 bridgehead atoms. The van der Waals surface area contributed by atoms with Gasteiger partial charge in [0.05, 0.1) is 36.7 Å². The van der Waals surface area contributed by atoms with E-state index in [0.29, 0.717) is 25.4 Å². The highest BCUT2D eigenvalue weighted by molar-refractivity contribution is 6.05. The molecule has 2 saturated carbocycles. The molecule has 0 unspecified atom stereocenters. The fourth-order valence-electron chi connectivity index (χ4n) is 5.47. The summed E-state index contributed by atoms with van der Waals surface area (Å²) in [6.07, 6.45) is 5.67. The highest BCUT2D eigenvalue weighted by Crippen LogP contribution is 2.58. The number of rotatable bonds is 8. The van der Waals surface area contributed by atoms with Crippen LogP contribution in [0.25, 0.3) is 5.78 Å². The van der Waals surface area contributed by atoms with Crippen LogP contribution in [0.1, 0.15) is 55.2 Å². The van der Waals surface area contributed by atoms with Crippen molar-refractivity contribution in [3.63, 3.8) is 0 Å². The molecule has 2 aliphatic carbocycles. The lowest BCUT2D eigenvalue weighted by Gasteiger charge is -2.43. The molecule has 3 aromatic heterocycles. The molecular formula is C25H28FN5O5. The van der Waals surface area contributed by atoms with Crippen molar-refractivity contribution in [3.8, 4) is 5.88 Å². The zero-order valence-corrected chi connectivity index (χ0v) is 20.4. The van der Waals surface area contributed by atoms with Crippen LogP contribution >= 0.6 is 0 Å². The summed E-state index contributed by atoms with van der Waals surface area (Å²) in [6, 6.07) is 2.63. The van der Waals surface area contributed by atoms with E-state index in [-0.39, 0.29) is 34.3 Å². The molecule has 2 atom stereocenters. The number of methoxy groups -OCH3 is 1. The van der Waals surface area contributed by atoms with Crippen LogP contribution in [0, 0.1) is 0 Å². The normalized spacial score (nSPS) is 28.4. The van der Waals surface area contributed by atoms with Gasteiger partial charge in [0.2, 0.25) is 11.7 Å². The number of aromatic nitrogens is 4. The zero-order valence-electron chi connectivity index (χ0n) is 20.4. The number of carbonyl (C=O) groups is 1. The third-order valence-electron chi connectivity index (χ3n) is 7.19. The highest BCUT2D eigenvalue weighted by Gasteiger charge is 2.64. The van der Waals surface area contributed by atoms with Crippen LogP contribution in [-0.4, -0.2) is 63.0 Å². The summed E-state index contributed by atoms with van der Waals surface area (Å²) < 4.78 is 33.7. The Labute approximate surface area is 206 Å². The van der Waals surface area contributed by atoms with Gasteiger partial charge in [0, 0.05) is 37.5 Å². The molecule has 7 rings (SSSR count). The van der Waals surface area contributed by atoms with Crippen LogP contribution in [0.4, 0.5) is 10.1 Å². The molecule has 10 nitrogen and oxygen atoms in total. The summed E-state index contributed by atoms with van der Waals surface area (Å²) >= 11 is 0. The Morgan fingerprint density at radius 3 is 2.81 bits per heavy atom. The average Bonchev–Trinajstić information content (AvgIpc) is 3.13. The number of nitrogens with zero attached hydrogens (tertiary/aromatic N) is 4. The third kappa shape index (κ3) is 3.68. The fraction of sp³-hybridized carbons (Fsp3) is 0.520. The quantitative estimate of drug-likeness (QED) is 0.510. The second kappa shape index (κ2) is 8.10. The number of hydrogen-bond donors (Lipinski definition) is 1. The van der Waals surface area contributed by atoms with Crippen molar-refractivity contribution in [1.29, 1.82) is 0 Å². The predicted molar refractivity (Wildman–Crippen MR) is 127 cm³/mol. The Kier molecular flexibility index (Phi) is 5.20. The number of hydrogen-bond acceptors (Lipinski definition) is 7. The number of halogens is 1. The second-order valence-corrected chi connectivity index (χ2v) is 10.4. The molecule has 4 aliphatic rings. The molecule has 1 N–H and O–H groups in total. The number of pyridine rings is 1. The van der Waals surface area contributed by atoms with E-state index < -0.39 is 23.7 Å². The Balaban J connectivity index is 1.32. The molecule has 4 fully saturated rings. The Morgan fingerprint density at radius 2 is 2.11 bits per heavy atom. The Morgan fingerprint density at radius 1 is 1.33 bits per heavy atom. The largest absolute Gasteiger partial charge is 0.474 e. The monoisotopic (exact) mass is 497 g/mol. The first-order valence-electron chi connectivity index (χ1n) is 12.1. The molecule has 1 amide bonds. The van der Waals surface area contributed by atoms with Gasteiger partial charge in [-0.3, -0.25) is 14.0 Å². The SMILES string of the molecule is COCC12CC(c3cn4cc(C(=O)Nc5cccn([C@@H]6C[C@@H]6F)c5=O)c(OC(C)C)nc4n3)(CO1)C2. The van der Waals surface area contributed by atoms with E-state index in [1.54, 1.807) is 23.8 Å². The van der Waals surface area contributed by atoms with Crippen molar-refractivity contribution in [2.24, 2.45) is 0 Å². The lowest BCUT2D eigenvalue weighted by Crippen LogP contribution is -2.49. The molecule has 0 spiro atoms. The van der Waals surface area contributed by atoms with Crippen molar-refractivity contribution in [2.75, 3.05) is 25.6 Å². The number of ether oxygens (including phenoxy) is 3. The van der Waals surface area contributed by atoms with E-state index in [9.17, 15) is 14.0 Å². The minimum absolute atomic E-state index is 0.0643. The van der Waals surface area contributed by atoms with Crippen LogP contribution in [0.3, 0.4) is 0 Å². The van der Waals surface area contributed by atoms with Gasteiger partial charge in [-0.2, -0.15) is 4.98 Å². The van der Waals surface area contributed by atoms with Gasteiger partial charge < -0.3 is 24.1 Å². The van der Waals surface area contributed by atoms with E-state index in [2.05, 4.69) is 10.3 Å². The first kappa shape index (κ1) is 23.1. The van der Waals surface area contributed by atoms with Crippen molar-refractivity contribution < 1.29 is 23.4 Å². The highest BCUT2D eigenvalue weighted by atomic mass is 19.1. The first-order chi connectivity index (χ1) is 17.2. The maximum atomic E-state index is 13.5. The van der Waals surface area contributed by atoms with Gasteiger partial charge in [-0.05, 0) is 38.8 Å². The average molecular weight is 498 g/mol. The van der Waals surface area contributed by atoms with Crippen molar-refractivity contribution >= 4 is 17.4 Å². The maximum absolute atomic E-state index is 13.5. The summed E-state index contributed by atoms with van der Waals surface area (Å²) in [6.45, 7) is 4.78. The number of amides is 1. The van der Waals surface area contributed by atoms with Gasteiger partial charge in [0.25, 0.3) is 11.5 Å². The van der Waals surface area contributed by atoms with E-state index in [0.717, 1.165) is 18.5 Å². The standard InChI is InChI=1S/C25H28FN5O5/c1-14(2)36-21-15(20(32)27-17-5-4-6-31(22(17)33)18-7-16(18)26)8-30-9-19(28-23(30)29-21)24-10-25(11-24,13-34-3)35-12-24/h4-6,8-9,14,16,18H,7,10-13H2,1-3H3,(H,27,32)/t16-,18+,24?,25?/m0/s1. The molecule has 190 valence electrons. The Bertz CT molecular complexity index is 1410. The second-order valence-electron chi connectivity index (χ2n) is 10.4. The van der Waals surface area contributed by atoms with Gasteiger partial charge in [0.1, 0.15) is 17.4 Å². The smallest absolute Gasteiger partial charge is 0.274 e. The summed E-state index contributed by atoms with van der Waals surface area (Å²) in [7, 11) is 1.67. The van der Waals surface area contributed by atoms with E-state index >= 15 is 0 Å². The Hall–Kier alpha value is -3.31. The van der Waals surface area contributed by atoms with Crippen molar-refractivity contribution in [1.82, 2.24) is 18.9 Å². The number of anilines is 1. The van der Waals surface area contributed by atoms with Crippen LogP contribution < -0.4 is 15.6 Å².